The molecular formula is C17H30N4O2. The number of carbonyl (C=O) groups excluding carboxylic acids is 1. The Bertz CT molecular complexity index is 519. The Hall–Kier alpha value is -1.56. The molecule has 1 aromatic heterocycles. The van der Waals surface area contributed by atoms with E-state index in [0.29, 0.717) is 12.5 Å². The van der Waals surface area contributed by atoms with Gasteiger partial charge in [-0.15, -0.1) is 0 Å². The lowest BCUT2D eigenvalue weighted by Gasteiger charge is -2.27. The summed E-state index contributed by atoms with van der Waals surface area (Å²) in [6.07, 6.45) is 5.78. The first-order valence-corrected chi connectivity index (χ1v) is 8.65. The lowest BCUT2D eigenvalue weighted by Crippen LogP contribution is -2.44. The Balaban J connectivity index is 1.63. The number of aliphatic hydroxyl groups excluding tert-OH is 1. The zero-order valence-corrected chi connectivity index (χ0v) is 14.6. The van der Waals surface area contributed by atoms with Crippen molar-refractivity contribution in [3.63, 3.8) is 0 Å². The third-order valence-electron chi connectivity index (χ3n) is 4.99. The van der Waals surface area contributed by atoms with Crippen LogP contribution in [0, 0.1) is 19.8 Å². The van der Waals surface area contributed by atoms with Crippen LogP contribution in [0.25, 0.3) is 0 Å². The van der Waals surface area contributed by atoms with Gasteiger partial charge in [0.15, 0.2) is 0 Å². The van der Waals surface area contributed by atoms with Crippen molar-refractivity contribution in [2.24, 2.45) is 13.0 Å². The molecule has 0 atom stereocenters. The molecular weight excluding hydrogens is 292 g/mol. The van der Waals surface area contributed by atoms with E-state index >= 15 is 0 Å². The van der Waals surface area contributed by atoms with Gasteiger partial charge in [-0.2, -0.15) is 5.10 Å². The summed E-state index contributed by atoms with van der Waals surface area (Å²) in [5, 5.41) is 19.5. The summed E-state index contributed by atoms with van der Waals surface area (Å²) in [6.45, 7) is 5.06. The normalized spacial score (nSPS) is 21.2. The van der Waals surface area contributed by atoms with Gasteiger partial charge in [0.05, 0.1) is 5.69 Å². The molecule has 2 amide bonds. The van der Waals surface area contributed by atoms with Crippen molar-refractivity contribution in [1.82, 2.24) is 20.4 Å². The molecule has 2 rings (SSSR count). The minimum atomic E-state index is -0.0721. The largest absolute Gasteiger partial charge is 0.396 e. The highest BCUT2D eigenvalue weighted by Gasteiger charge is 2.21. The molecule has 1 aromatic rings. The van der Waals surface area contributed by atoms with E-state index in [0.717, 1.165) is 44.2 Å². The third kappa shape index (κ3) is 4.96. The van der Waals surface area contributed by atoms with Gasteiger partial charge in [-0.25, -0.2) is 4.79 Å². The van der Waals surface area contributed by atoms with Gasteiger partial charge in [0.1, 0.15) is 0 Å². The Kier molecular flexibility index (Phi) is 6.45. The number of nitrogens with one attached hydrogen (secondary N) is 2. The fraction of sp³-hybridized carbons (Fsp3) is 0.765. The minimum Gasteiger partial charge on any atom is -0.396 e. The number of urea groups is 1. The van der Waals surface area contributed by atoms with E-state index in [1.807, 2.05) is 18.7 Å². The first-order valence-electron chi connectivity index (χ1n) is 8.65. The Morgan fingerprint density at radius 2 is 2.00 bits per heavy atom. The summed E-state index contributed by atoms with van der Waals surface area (Å²) in [5.74, 6) is 0.419. The van der Waals surface area contributed by atoms with Gasteiger partial charge >= 0.3 is 6.03 Å². The molecule has 130 valence electrons. The van der Waals surface area contributed by atoms with E-state index in [9.17, 15) is 4.79 Å². The summed E-state index contributed by atoms with van der Waals surface area (Å²) in [6, 6.07) is 0.178. The van der Waals surface area contributed by atoms with Crippen molar-refractivity contribution >= 4 is 6.03 Å². The van der Waals surface area contributed by atoms with Crippen molar-refractivity contribution in [1.29, 1.82) is 0 Å². The Morgan fingerprint density at radius 3 is 2.57 bits per heavy atom. The van der Waals surface area contributed by atoms with Crippen LogP contribution in [-0.4, -0.2) is 40.1 Å². The van der Waals surface area contributed by atoms with Crippen LogP contribution in [0.15, 0.2) is 0 Å². The van der Waals surface area contributed by atoms with E-state index in [1.165, 1.54) is 11.3 Å². The van der Waals surface area contributed by atoms with Crippen LogP contribution in [0.4, 0.5) is 4.79 Å². The Labute approximate surface area is 138 Å². The highest BCUT2D eigenvalue weighted by molar-refractivity contribution is 5.74. The van der Waals surface area contributed by atoms with Crippen molar-refractivity contribution in [3.8, 4) is 0 Å². The van der Waals surface area contributed by atoms with Gasteiger partial charge in [0, 0.05) is 31.9 Å². The van der Waals surface area contributed by atoms with Gasteiger partial charge < -0.3 is 15.7 Å². The molecule has 1 saturated carbocycles. The highest BCUT2D eigenvalue weighted by Crippen LogP contribution is 2.23. The molecule has 0 spiro atoms. The molecule has 1 aliphatic rings. The lowest BCUT2D eigenvalue weighted by molar-refractivity contribution is 0.174. The van der Waals surface area contributed by atoms with Gasteiger partial charge in [-0.3, -0.25) is 4.68 Å². The molecule has 1 heterocycles. The van der Waals surface area contributed by atoms with Crippen LogP contribution in [0.2, 0.25) is 0 Å². The van der Waals surface area contributed by atoms with Crippen LogP contribution >= 0.6 is 0 Å². The fourth-order valence-electron chi connectivity index (χ4n) is 3.37. The van der Waals surface area contributed by atoms with Crippen LogP contribution in [0.5, 0.6) is 0 Å². The van der Waals surface area contributed by atoms with Crippen molar-refractivity contribution in [3.05, 3.63) is 17.0 Å². The highest BCUT2D eigenvalue weighted by atomic mass is 16.3. The Morgan fingerprint density at radius 1 is 1.30 bits per heavy atom. The molecule has 0 saturated heterocycles. The molecule has 3 N–H and O–H groups in total. The van der Waals surface area contributed by atoms with E-state index < -0.39 is 0 Å². The number of carbonyl (C=O) groups is 1. The first kappa shape index (κ1) is 17.8. The lowest BCUT2D eigenvalue weighted by atomic mass is 9.87. The molecule has 0 radical (unpaired) electrons. The molecule has 1 fully saturated rings. The average Bonchev–Trinajstić information content (AvgIpc) is 2.78. The molecule has 1 aliphatic carbocycles. The predicted octanol–water partition coefficient (Wildman–Crippen LogP) is 1.82. The minimum absolute atomic E-state index is 0.0721. The van der Waals surface area contributed by atoms with Crippen molar-refractivity contribution in [2.45, 2.75) is 58.4 Å². The molecule has 0 aromatic carbocycles. The first-order chi connectivity index (χ1) is 11.0. The van der Waals surface area contributed by atoms with E-state index in [2.05, 4.69) is 22.7 Å². The smallest absolute Gasteiger partial charge is 0.315 e. The summed E-state index contributed by atoms with van der Waals surface area (Å²) in [7, 11) is 1.96. The fourth-order valence-corrected chi connectivity index (χ4v) is 3.37. The molecule has 6 heteroatoms. The quantitative estimate of drug-likeness (QED) is 0.699. The second-order valence-electron chi connectivity index (χ2n) is 6.68. The van der Waals surface area contributed by atoms with Gasteiger partial charge in [0.2, 0.25) is 0 Å². The summed E-state index contributed by atoms with van der Waals surface area (Å²) in [5.41, 5.74) is 3.57. The number of aromatic nitrogens is 2. The SMILES string of the molecule is Cc1nn(C)c(C)c1CCCNC(=O)NC1CCC(CO)CC1. The maximum Gasteiger partial charge on any atom is 0.315 e. The van der Waals surface area contributed by atoms with Gasteiger partial charge in [-0.05, 0) is 63.9 Å². The zero-order chi connectivity index (χ0) is 16.8. The number of nitrogens with zero attached hydrogens (tertiary/aromatic N) is 2. The molecule has 0 bridgehead atoms. The van der Waals surface area contributed by atoms with E-state index in [-0.39, 0.29) is 18.7 Å². The predicted molar refractivity (Wildman–Crippen MR) is 90.4 cm³/mol. The summed E-state index contributed by atoms with van der Waals surface area (Å²) in [4.78, 5) is 11.9. The van der Waals surface area contributed by atoms with Gasteiger partial charge in [0.25, 0.3) is 0 Å². The second-order valence-corrected chi connectivity index (χ2v) is 6.68. The van der Waals surface area contributed by atoms with E-state index in [4.69, 9.17) is 5.11 Å². The standard InChI is InChI=1S/C17H30N4O2/c1-12-16(13(2)21(3)20-12)5-4-10-18-17(23)19-15-8-6-14(11-22)7-9-15/h14-15,22H,4-11H2,1-3H3,(H2,18,19,23). The van der Waals surface area contributed by atoms with Crippen LogP contribution in [-0.2, 0) is 13.5 Å². The average molecular weight is 322 g/mol. The number of amides is 2. The topological polar surface area (TPSA) is 79.2 Å². The van der Waals surface area contributed by atoms with Crippen LogP contribution in [0.1, 0.15) is 49.1 Å². The third-order valence-corrected chi connectivity index (χ3v) is 4.99. The van der Waals surface area contributed by atoms with Crippen LogP contribution < -0.4 is 10.6 Å². The number of hydrogen-bond acceptors (Lipinski definition) is 3. The molecule has 0 aliphatic heterocycles. The number of aryl methyl sites for hydroxylation is 2. The molecule has 23 heavy (non-hydrogen) atoms. The maximum absolute atomic E-state index is 11.9. The molecule has 0 unspecified atom stereocenters. The number of hydrogen-bond donors (Lipinski definition) is 3. The second kappa shape index (κ2) is 8.34. The maximum atomic E-state index is 11.9. The van der Waals surface area contributed by atoms with Crippen LogP contribution in [0.3, 0.4) is 0 Å². The number of rotatable bonds is 6. The monoisotopic (exact) mass is 322 g/mol. The van der Waals surface area contributed by atoms with Crippen molar-refractivity contribution in [2.75, 3.05) is 13.2 Å². The summed E-state index contributed by atoms with van der Waals surface area (Å²) < 4.78 is 1.91. The van der Waals surface area contributed by atoms with Crippen molar-refractivity contribution < 1.29 is 9.90 Å². The zero-order valence-electron chi connectivity index (χ0n) is 14.6. The number of aliphatic hydroxyl groups is 1. The van der Waals surface area contributed by atoms with Gasteiger partial charge in [-0.1, -0.05) is 0 Å². The summed E-state index contributed by atoms with van der Waals surface area (Å²) >= 11 is 0. The molecule has 6 nitrogen and oxygen atoms in total. The van der Waals surface area contributed by atoms with E-state index in [1.54, 1.807) is 0 Å².